The molecule has 1 aromatic rings. The number of hydrogen-bond donors (Lipinski definition) is 2. The number of ether oxygens (including phenoxy) is 1. The van der Waals surface area contributed by atoms with E-state index in [-0.39, 0.29) is 47.8 Å². The van der Waals surface area contributed by atoms with Crippen LogP contribution in [0.4, 0.5) is 8.78 Å². The van der Waals surface area contributed by atoms with E-state index in [9.17, 15) is 8.78 Å². The van der Waals surface area contributed by atoms with E-state index in [4.69, 9.17) is 29.6 Å². The molecule has 4 nitrogen and oxygen atoms in total. The topological polar surface area (TPSA) is 45.7 Å². The molecule has 9 heteroatoms. The molecule has 22 heavy (non-hydrogen) atoms. The number of benzene rings is 1. The van der Waals surface area contributed by atoms with E-state index in [1.807, 2.05) is 0 Å². The van der Waals surface area contributed by atoms with Crippen LogP contribution >= 0.6 is 47.2 Å². The minimum atomic E-state index is -2.98. The number of rotatable bonds is 5. The van der Waals surface area contributed by atoms with Gasteiger partial charge in [-0.2, -0.15) is 8.78 Å². The Balaban J connectivity index is 0.00000441. The summed E-state index contributed by atoms with van der Waals surface area (Å²) >= 11 is 11.7. The fourth-order valence-corrected chi connectivity index (χ4v) is 2.08. The first-order chi connectivity index (χ1) is 9.97. The van der Waals surface area contributed by atoms with Gasteiger partial charge >= 0.3 is 6.61 Å². The Morgan fingerprint density at radius 3 is 2.64 bits per heavy atom. The fraction of sp³-hybridized carbons (Fsp3) is 0.308. The minimum Gasteiger partial charge on any atom is -0.433 e. The maximum Gasteiger partial charge on any atom is 0.387 e. The molecule has 0 atom stereocenters. The van der Waals surface area contributed by atoms with Crippen molar-refractivity contribution < 1.29 is 13.5 Å². The zero-order chi connectivity index (χ0) is 15.8. The summed E-state index contributed by atoms with van der Waals surface area (Å²) in [6.45, 7) is -2.58. The maximum atomic E-state index is 12.4. The lowest BCUT2D eigenvalue weighted by Gasteiger charge is -2.15. The van der Waals surface area contributed by atoms with Gasteiger partial charge in [0.15, 0.2) is 5.96 Å². The van der Waals surface area contributed by atoms with E-state index in [1.54, 1.807) is 7.05 Å². The van der Waals surface area contributed by atoms with E-state index < -0.39 is 6.61 Å². The van der Waals surface area contributed by atoms with Crippen LogP contribution in [0.15, 0.2) is 17.1 Å². The maximum absolute atomic E-state index is 12.4. The predicted octanol–water partition coefficient (Wildman–Crippen LogP) is 3.51. The number of terminal acetylenes is 1. The summed E-state index contributed by atoms with van der Waals surface area (Å²) in [5.41, 5.74) is 0.372. The molecule has 0 unspecified atom stereocenters. The highest BCUT2D eigenvalue weighted by Crippen LogP contribution is 2.33. The van der Waals surface area contributed by atoms with Gasteiger partial charge in [0.25, 0.3) is 0 Å². The van der Waals surface area contributed by atoms with Crippen molar-refractivity contribution in [2.45, 2.75) is 13.2 Å². The largest absolute Gasteiger partial charge is 0.433 e. The molecular weight excluding hydrogens is 450 g/mol. The van der Waals surface area contributed by atoms with Gasteiger partial charge in [0.05, 0.1) is 11.6 Å². The second-order valence-corrected chi connectivity index (χ2v) is 4.58. The highest BCUT2D eigenvalue weighted by Gasteiger charge is 2.15. The lowest BCUT2D eigenvalue weighted by atomic mass is 10.2. The molecule has 0 amide bonds. The Labute approximate surface area is 154 Å². The summed E-state index contributed by atoms with van der Waals surface area (Å²) in [7, 11) is 1.55. The summed E-state index contributed by atoms with van der Waals surface area (Å²) in [5, 5.41) is 6.03. The molecule has 0 aliphatic carbocycles. The summed E-state index contributed by atoms with van der Waals surface area (Å²) in [6, 6.07) is 2.81. The van der Waals surface area contributed by atoms with Gasteiger partial charge in [-0.25, -0.2) is 0 Å². The van der Waals surface area contributed by atoms with Gasteiger partial charge in [0.1, 0.15) is 5.75 Å². The van der Waals surface area contributed by atoms with Crippen molar-refractivity contribution in [3.63, 3.8) is 0 Å². The van der Waals surface area contributed by atoms with E-state index in [2.05, 4.69) is 26.3 Å². The van der Waals surface area contributed by atoms with Crippen molar-refractivity contribution in [2.75, 3.05) is 13.6 Å². The first kappa shape index (κ1) is 21.0. The lowest BCUT2D eigenvalue weighted by Crippen LogP contribution is -2.37. The smallest absolute Gasteiger partial charge is 0.387 e. The van der Waals surface area contributed by atoms with Crippen LogP contribution in [0, 0.1) is 12.3 Å². The van der Waals surface area contributed by atoms with Gasteiger partial charge < -0.3 is 15.4 Å². The molecule has 2 N–H and O–H groups in total. The summed E-state index contributed by atoms with van der Waals surface area (Å²) in [5.74, 6) is 2.67. The average Bonchev–Trinajstić information content (AvgIpc) is 2.42. The third-order valence-electron chi connectivity index (χ3n) is 2.32. The van der Waals surface area contributed by atoms with Crippen molar-refractivity contribution >= 4 is 53.1 Å². The van der Waals surface area contributed by atoms with Crippen molar-refractivity contribution in [1.29, 1.82) is 0 Å². The molecule has 0 saturated heterocycles. The molecule has 122 valence electrons. The highest BCUT2D eigenvalue weighted by molar-refractivity contribution is 14.0. The average molecular weight is 464 g/mol. The van der Waals surface area contributed by atoms with Gasteiger partial charge in [-0.15, -0.1) is 30.4 Å². The normalized spacial score (nSPS) is 10.7. The van der Waals surface area contributed by atoms with Gasteiger partial charge in [0.2, 0.25) is 0 Å². The van der Waals surface area contributed by atoms with Gasteiger partial charge in [-0.05, 0) is 12.1 Å². The summed E-state index contributed by atoms with van der Waals surface area (Å²) in [6.07, 6.45) is 5.12. The van der Waals surface area contributed by atoms with Crippen LogP contribution in [0.2, 0.25) is 10.0 Å². The fourth-order valence-electron chi connectivity index (χ4n) is 1.50. The molecule has 1 rings (SSSR count). The minimum absolute atomic E-state index is 0. The third kappa shape index (κ3) is 6.85. The molecule has 0 fully saturated rings. The molecule has 1 aromatic carbocycles. The van der Waals surface area contributed by atoms with Crippen LogP contribution in [0.5, 0.6) is 5.75 Å². The number of guanidine groups is 1. The second-order valence-electron chi connectivity index (χ2n) is 3.74. The SMILES string of the molecule is C#CCNC(=NC)NCc1cc(Cl)cc(Cl)c1OC(F)F.I. The number of nitrogens with zero attached hydrogens (tertiary/aromatic N) is 1. The van der Waals surface area contributed by atoms with E-state index in [0.29, 0.717) is 16.5 Å². The van der Waals surface area contributed by atoms with Crippen molar-refractivity contribution in [3.8, 4) is 18.1 Å². The highest BCUT2D eigenvalue weighted by atomic mass is 127. The van der Waals surface area contributed by atoms with Gasteiger partial charge in [0, 0.05) is 24.2 Å². The number of aliphatic imine (C=N–C) groups is 1. The Kier molecular flexibility index (Phi) is 10.2. The van der Waals surface area contributed by atoms with Crippen LogP contribution in [0.3, 0.4) is 0 Å². The molecule has 0 aliphatic heterocycles. The molecule has 0 heterocycles. The monoisotopic (exact) mass is 463 g/mol. The van der Waals surface area contributed by atoms with Crippen LogP contribution in [0.1, 0.15) is 5.56 Å². The molecule has 0 bridgehead atoms. The molecule has 0 saturated carbocycles. The number of hydrogen-bond acceptors (Lipinski definition) is 2. The zero-order valence-corrected chi connectivity index (χ0v) is 15.3. The number of halogens is 5. The van der Waals surface area contributed by atoms with Crippen molar-refractivity contribution in [3.05, 3.63) is 27.7 Å². The molecule has 0 spiro atoms. The van der Waals surface area contributed by atoms with Gasteiger partial charge in [-0.3, -0.25) is 4.99 Å². The Morgan fingerprint density at radius 2 is 2.09 bits per heavy atom. The third-order valence-corrected chi connectivity index (χ3v) is 2.82. The van der Waals surface area contributed by atoms with Crippen LogP contribution in [-0.4, -0.2) is 26.2 Å². The zero-order valence-electron chi connectivity index (χ0n) is 11.5. The van der Waals surface area contributed by atoms with Crippen molar-refractivity contribution in [2.24, 2.45) is 4.99 Å². The Hall–Kier alpha value is -0.980. The summed E-state index contributed by atoms with van der Waals surface area (Å²) < 4.78 is 29.3. The molecule has 0 aromatic heterocycles. The van der Waals surface area contributed by atoms with Crippen LogP contribution in [0.25, 0.3) is 0 Å². The van der Waals surface area contributed by atoms with E-state index in [1.165, 1.54) is 12.1 Å². The standard InChI is InChI=1S/C13H13Cl2F2N3O.HI/c1-3-4-19-13(18-2)20-7-8-5-9(14)6-10(15)11(8)21-12(16)17;/h1,5-6,12H,4,7H2,2H3,(H2,18,19,20);1H. The molecule has 0 radical (unpaired) electrons. The Morgan fingerprint density at radius 1 is 1.41 bits per heavy atom. The quantitative estimate of drug-likeness (QED) is 0.304. The molecular formula is C13H14Cl2F2IN3O. The Bertz CT molecular complexity index is 565. The number of nitrogens with one attached hydrogen (secondary N) is 2. The van der Waals surface area contributed by atoms with Crippen molar-refractivity contribution in [1.82, 2.24) is 10.6 Å². The lowest BCUT2D eigenvalue weighted by molar-refractivity contribution is -0.0504. The number of alkyl halides is 2. The van der Waals surface area contributed by atoms with Crippen LogP contribution in [-0.2, 0) is 6.54 Å². The van der Waals surface area contributed by atoms with E-state index in [0.717, 1.165) is 0 Å². The predicted molar refractivity (Wildman–Crippen MR) is 95.5 cm³/mol. The van der Waals surface area contributed by atoms with Crippen LogP contribution < -0.4 is 15.4 Å². The first-order valence-electron chi connectivity index (χ1n) is 5.78. The van der Waals surface area contributed by atoms with Gasteiger partial charge in [-0.1, -0.05) is 29.1 Å². The van der Waals surface area contributed by atoms with E-state index >= 15 is 0 Å². The summed E-state index contributed by atoms with van der Waals surface area (Å²) in [4.78, 5) is 3.92. The molecule has 0 aliphatic rings. The first-order valence-corrected chi connectivity index (χ1v) is 6.54. The second kappa shape index (κ2) is 10.7.